The lowest BCUT2D eigenvalue weighted by atomic mass is 10.2. The first-order chi connectivity index (χ1) is 9.16. The number of nitrogens with two attached hydrogens (primary N) is 1. The van der Waals surface area contributed by atoms with Gasteiger partial charge >= 0.3 is 0 Å². The normalized spacial score (nSPS) is 10.4. The fourth-order valence-electron chi connectivity index (χ4n) is 1.61. The molecule has 1 aromatic heterocycles. The van der Waals surface area contributed by atoms with Crippen LogP contribution in [0.4, 0.5) is 0 Å². The van der Waals surface area contributed by atoms with Crippen molar-refractivity contribution in [3.05, 3.63) is 64.4 Å². The number of pyridine rings is 1. The molecule has 1 aromatic carbocycles. The van der Waals surface area contributed by atoms with E-state index in [9.17, 15) is 0 Å². The summed E-state index contributed by atoms with van der Waals surface area (Å²) in [5.74, 6) is -0.0482. The maximum absolute atomic E-state index is 7.33. The third-order valence-electron chi connectivity index (χ3n) is 2.58. The Balaban J connectivity index is 1.94. The molecule has 1 heterocycles. The van der Waals surface area contributed by atoms with Crippen LogP contribution in [-0.2, 0) is 18.0 Å². The lowest BCUT2D eigenvalue weighted by Gasteiger charge is -2.07. The molecule has 0 saturated carbocycles. The second-order valence-electron chi connectivity index (χ2n) is 4.05. The highest BCUT2D eigenvalue weighted by molar-refractivity contribution is 6.31. The monoisotopic (exact) mass is 275 g/mol. The number of nitrogens with one attached hydrogen (secondary N) is 1. The van der Waals surface area contributed by atoms with Crippen LogP contribution in [0, 0.1) is 5.41 Å². The van der Waals surface area contributed by atoms with Gasteiger partial charge in [-0.15, -0.1) is 0 Å². The van der Waals surface area contributed by atoms with Crippen LogP contribution in [0.2, 0.25) is 5.02 Å². The third kappa shape index (κ3) is 3.77. The molecule has 4 nitrogen and oxygen atoms in total. The van der Waals surface area contributed by atoms with E-state index in [1.807, 2.05) is 30.3 Å². The first-order valence-corrected chi connectivity index (χ1v) is 6.15. The lowest BCUT2D eigenvalue weighted by Crippen LogP contribution is -2.13. The Labute approximate surface area is 116 Å². The van der Waals surface area contributed by atoms with E-state index >= 15 is 0 Å². The minimum Gasteiger partial charge on any atom is -0.382 e. The minimum absolute atomic E-state index is 0.0482. The molecule has 0 spiro atoms. The van der Waals surface area contributed by atoms with E-state index in [4.69, 9.17) is 27.5 Å². The molecule has 0 aliphatic heterocycles. The number of nitrogen functional groups attached to an aromatic ring is 1. The smallest absolute Gasteiger partial charge is 0.141 e. The molecule has 0 unspecified atom stereocenters. The van der Waals surface area contributed by atoms with E-state index < -0.39 is 0 Å². The summed E-state index contributed by atoms with van der Waals surface area (Å²) >= 11 is 6.04. The molecule has 98 valence electrons. The van der Waals surface area contributed by atoms with Gasteiger partial charge in [0.05, 0.1) is 13.2 Å². The molecule has 0 amide bonds. The first kappa shape index (κ1) is 13.5. The summed E-state index contributed by atoms with van der Waals surface area (Å²) in [7, 11) is 0. The van der Waals surface area contributed by atoms with E-state index in [1.54, 1.807) is 12.3 Å². The molecule has 0 saturated heterocycles. The molecule has 0 bridgehead atoms. The van der Waals surface area contributed by atoms with Crippen molar-refractivity contribution in [2.75, 3.05) is 0 Å². The molecule has 0 fully saturated rings. The Hall–Kier alpha value is -1.91. The molecule has 0 radical (unpaired) electrons. The topological polar surface area (TPSA) is 72.0 Å². The maximum atomic E-state index is 7.33. The van der Waals surface area contributed by atoms with Crippen LogP contribution in [0.25, 0.3) is 0 Å². The number of hydrogen-bond acceptors (Lipinski definition) is 3. The van der Waals surface area contributed by atoms with Crippen LogP contribution in [0.1, 0.15) is 16.8 Å². The average Bonchev–Trinajstić information content (AvgIpc) is 2.41. The molecule has 5 heteroatoms. The molecule has 3 N–H and O–H groups in total. The molecular weight excluding hydrogens is 262 g/mol. The standard InChI is InChI=1S/C14H14ClN3O/c15-12-4-2-1-3-11(12)9-19-8-10-5-6-18-13(7-10)14(16)17/h1-7H,8-9H2,(H3,16,17). The lowest BCUT2D eigenvalue weighted by molar-refractivity contribution is 0.107. The number of hydrogen-bond donors (Lipinski definition) is 2. The van der Waals surface area contributed by atoms with Gasteiger partial charge in [0.1, 0.15) is 11.5 Å². The molecule has 19 heavy (non-hydrogen) atoms. The molecule has 0 aliphatic carbocycles. The summed E-state index contributed by atoms with van der Waals surface area (Å²) < 4.78 is 5.60. The predicted octanol–water partition coefficient (Wildman–Crippen LogP) is 2.74. The number of rotatable bonds is 5. The Bertz CT molecular complexity index is 586. The van der Waals surface area contributed by atoms with Crippen molar-refractivity contribution < 1.29 is 4.74 Å². The Morgan fingerprint density at radius 1 is 1.26 bits per heavy atom. The number of halogens is 1. The van der Waals surface area contributed by atoms with Gasteiger partial charge in [-0.2, -0.15) is 0 Å². The van der Waals surface area contributed by atoms with Crippen molar-refractivity contribution in [3.63, 3.8) is 0 Å². The molecule has 0 atom stereocenters. The summed E-state index contributed by atoms with van der Waals surface area (Å²) in [4.78, 5) is 3.99. The van der Waals surface area contributed by atoms with E-state index in [0.717, 1.165) is 11.1 Å². The van der Waals surface area contributed by atoms with Crippen LogP contribution in [0.5, 0.6) is 0 Å². The number of amidine groups is 1. The highest BCUT2D eigenvalue weighted by Crippen LogP contribution is 2.16. The largest absolute Gasteiger partial charge is 0.382 e. The van der Waals surface area contributed by atoms with Crippen LogP contribution < -0.4 is 5.73 Å². The van der Waals surface area contributed by atoms with Crippen molar-refractivity contribution in [2.24, 2.45) is 5.73 Å². The summed E-state index contributed by atoms with van der Waals surface area (Å²) in [6.07, 6.45) is 1.62. The maximum Gasteiger partial charge on any atom is 0.141 e. The highest BCUT2D eigenvalue weighted by atomic mass is 35.5. The second-order valence-corrected chi connectivity index (χ2v) is 4.45. The number of nitrogens with zero attached hydrogens (tertiary/aromatic N) is 1. The number of benzene rings is 1. The van der Waals surface area contributed by atoms with Crippen LogP contribution in [0.3, 0.4) is 0 Å². The molecule has 0 aliphatic rings. The van der Waals surface area contributed by atoms with Crippen LogP contribution >= 0.6 is 11.6 Å². The van der Waals surface area contributed by atoms with Gasteiger partial charge in [0.25, 0.3) is 0 Å². The average molecular weight is 276 g/mol. The minimum atomic E-state index is -0.0482. The van der Waals surface area contributed by atoms with Gasteiger partial charge in [0.15, 0.2) is 0 Å². The SMILES string of the molecule is N=C(N)c1cc(COCc2ccccc2Cl)ccn1. The van der Waals surface area contributed by atoms with Crippen molar-refractivity contribution in [1.29, 1.82) is 5.41 Å². The third-order valence-corrected chi connectivity index (χ3v) is 2.95. The Morgan fingerprint density at radius 2 is 2.05 bits per heavy atom. The van der Waals surface area contributed by atoms with Crippen LogP contribution in [-0.4, -0.2) is 10.8 Å². The van der Waals surface area contributed by atoms with Gasteiger partial charge in [0, 0.05) is 11.2 Å². The summed E-state index contributed by atoms with van der Waals surface area (Å²) in [6.45, 7) is 0.866. The molecule has 2 aromatic rings. The number of ether oxygens (including phenoxy) is 1. The zero-order valence-electron chi connectivity index (χ0n) is 10.3. The fraction of sp³-hybridized carbons (Fsp3) is 0.143. The van der Waals surface area contributed by atoms with Crippen molar-refractivity contribution >= 4 is 17.4 Å². The Kier molecular flexibility index (Phi) is 4.49. The summed E-state index contributed by atoms with van der Waals surface area (Å²) in [5.41, 5.74) is 7.71. The van der Waals surface area contributed by atoms with Gasteiger partial charge in [-0.25, -0.2) is 0 Å². The predicted molar refractivity (Wildman–Crippen MR) is 75.2 cm³/mol. The molecule has 2 rings (SSSR count). The zero-order chi connectivity index (χ0) is 13.7. The van der Waals surface area contributed by atoms with Gasteiger partial charge in [-0.1, -0.05) is 29.8 Å². The summed E-state index contributed by atoms with van der Waals surface area (Å²) in [5, 5.41) is 8.02. The fourth-order valence-corrected chi connectivity index (χ4v) is 1.80. The van der Waals surface area contributed by atoms with Gasteiger partial charge < -0.3 is 10.5 Å². The van der Waals surface area contributed by atoms with E-state index in [0.29, 0.717) is 23.9 Å². The van der Waals surface area contributed by atoms with Gasteiger partial charge in [-0.3, -0.25) is 10.4 Å². The van der Waals surface area contributed by atoms with E-state index in [-0.39, 0.29) is 5.84 Å². The Morgan fingerprint density at radius 3 is 2.79 bits per heavy atom. The van der Waals surface area contributed by atoms with Crippen LogP contribution in [0.15, 0.2) is 42.6 Å². The van der Waals surface area contributed by atoms with E-state index in [2.05, 4.69) is 4.98 Å². The van der Waals surface area contributed by atoms with Gasteiger partial charge in [-0.05, 0) is 29.3 Å². The highest BCUT2D eigenvalue weighted by Gasteiger charge is 2.02. The van der Waals surface area contributed by atoms with Gasteiger partial charge in [0.2, 0.25) is 0 Å². The second kappa shape index (κ2) is 6.31. The van der Waals surface area contributed by atoms with E-state index in [1.165, 1.54) is 0 Å². The first-order valence-electron chi connectivity index (χ1n) is 5.77. The van der Waals surface area contributed by atoms with Crippen molar-refractivity contribution in [1.82, 2.24) is 4.98 Å². The van der Waals surface area contributed by atoms with Crippen molar-refractivity contribution in [3.8, 4) is 0 Å². The quantitative estimate of drug-likeness (QED) is 0.651. The molecular formula is C14H14ClN3O. The summed E-state index contributed by atoms with van der Waals surface area (Å²) in [6, 6.07) is 11.1. The van der Waals surface area contributed by atoms with Crippen molar-refractivity contribution in [2.45, 2.75) is 13.2 Å². The zero-order valence-corrected chi connectivity index (χ0v) is 11.0. The number of aromatic nitrogens is 1.